The summed E-state index contributed by atoms with van der Waals surface area (Å²) in [5, 5.41) is 11.7. The molecule has 4 nitrogen and oxygen atoms in total. The molecule has 118 valence electrons. The third kappa shape index (κ3) is 12.0. The van der Waals surface area contributed by atoms with Gasteiger partial charge in [-0.05, 0) is 25.2 Å². The number of hydrogen-bond donors (Lipinski definition) is 2. The lowest BCUT2D eigenvalue weighted by Gasteiger charge is -2.15. The highest BCUT2D eigenvalue weighted by atomic mass is 16.4. The van der Waals surface area contributed by atoms with Gasteiger partial charge >= 0.3 is 5.97 Å². The molecule has 1 unspecified atom stereocenters. The third-order valence-electron chi connectivity index (χ3n) is 3.60. The number of amides is 1. The van der Waals surface area contributed by atoms with Gasteiger partial charge in [-0.15, -0.1) is 0 Å². The van der Waals surface area contributed by atoms with Crippen LogP contribution in [-0.2, 0) is 9.59 Å². The van der Waals surface area contributed by atoms with Crippen molar-refractivity contribution in [3.05, 3.63) is 0 Å². The van der Waals surface area contributed by atoms with Gasteiger partial charge in [0, 0.05) is 19.4 Å². The van der Waals surface area contributed by atoms with Crippen LogP contribution in [0, 0.1) is 5.92 Å². The van der Waals surface area contributed by atoms with Crippen LogP contribution < -0.4 is 5.32 Å². The van der Waals surface area contributed by atoms with Gasteiger partial charge in [0.05, 0.1) is 0 Å². The van der Waals surface area contributed by atoms with E-state index in [0.717, 1.165) is 38.5 Å². The van der Waals surface area contributed by atoms with Crippen LogP contribution in [0.2, 0.25) is 0 Å². The van der Waals surface area contributed by atoms with Crippen LogP contribution in [0.4, 0.5) is 0 Å². The van der Waals surface area contributed by atoms with E-state index in [-0.39, 0.29) is 12.3 Å². The van der Waals surface area contributed by atoms with Crippen molar-refractivity contribution in [1.29, 1.82) is 0 Å². The molecule has 20 heavy (non-hydrogen) atoms. The molecule has 0 spiro atoms. The fourth-order valence-corrected chi connectivity index (χ4v) is 2.39. The SMILES string of the molecule is CCCCCCC(=O)NCCC(CCC)CCC(=O)O. The minimum absolute atomic E-state index is 0.134. The Morgan fingerprint density at radius 1 is 0.950 bits per heavy atom. The van der Waals surface area contributed by atoms with Gasteiger partial charge in [0.15, 0.2) is 0 Å². The molecular formula is C16H31NO3. The molecule has 0 fully saturated rings. The van der Waals surface area contributed by atoms with Crippen molar-refractivity contribution < 1.29 is 14.7 Å². The van der Waals surface area contributed by atoms with Crippen molar-refractivity contribution >= 4 is 11.9 Å². The van der Waals surface area contributed by atoms with E-state index < -0.39 is 5.97 Å². The fourth-order valence-electron chi connectivity index (χ4n) is 2.39. The second kappa shape index (κ2) is 12.9. The largest absolute Gasteiger partial charge is 0.481 e. The van der Waals surface area contributed by atoms with Crippen molar-refractivity contribution in [2.24, 2.45) is 5.92 Å². The Morgan fingerprint density at radius 2 is 1.70 bits per heavy atom. The first-order valence-corrected chi connectivity index (χ1v) is 8.08. The first-order valence-electron chi connectivity index (χ1n) is 8.08. The molecule has 0 heterocycles. The zero-order chi connectivity index (χ0) is 15.2. The van der Waals surface area contributed by atoms with Crippen LogP contribution in [0.25, 0.3) is 0 Å². The van der Waals surface area contributed by atoms with E-state index in [1.54, 1.807) is 0 Å². The molecule has 0 aliphatic rings. The van der Waals surface area contributed by atoms with Crippen molar-refractivity contribution in [3.63, 3.8) is 0 Å². The Balaban J connectivity index is 3.69. The molecule has 0 aliphatic heterocycles. The van der Waals surface area contributed by atoms with Crippen molar-refractivity contribution in [1.82, 2.24) is 5.32 Å². The quantitative estimate of drug-likeness (QED) is 0.506. The minimum Gasteiger partial charge on any atom is -0.481 e. The molecule has 0 bridgehead atoms. The van der Waals surface area contributed by atoms with Crippen molar-refractivity contribution in [2.45, 2.75) is 78.1 Å². The van der Waals surface area contributed by atoms with Crippen LogP contribution in [0.5, 0.6) is 0 Å². The van der Waals surface area contributed by atoms with E-state index in [0.29, 0.717) is 18.9 Å². The van der Waals surface area contributed by atoms with Gasteiger partial charge in [0.25, 0.3) is 0 Å². The van der Waals surface area contributed by atoms with Gasteiger partial charge < -0.3 is 10.4 Å². The molecule has 0 radical (unpaired) electrons. The van der Waals surface area contributed by atoms with E-state index in [1.807, 2.05) is 0 Å². The predicted molar refractivity (Wildman–Crippen MR) is 81.7 cm³/mol. The number of aliphatic carboxylic acids is 1. The maximum atomic E-state index is 11.6. The lowest BCUT2D eigenvalue weighted by Crippen LogP contribution is -2.25. The average Bonchev–Trinajstić information content (AvgIpc) is 2.41. The molecule has 0 aromatic heterocycles. The van der Waals surface area contributed by atoms with Crippen LogP contribution >= 0.6 is 0 Å². The molecule has 1 atom stereocenters. The lowest BCUT2D eigenvalue weighted by molar-refractivity contribution is -0.137. The monoisotopic (exact) mass is 285 g/mol. The molecule has 0 aliphatic carbocycles. The molecule has 0 aromatic carbocycles. The van der Waals surface area contributed by atoms with Crippen molar-refractivity contribution in [3.8, 4) is 0 Å². The average molecular weight is 285 g/mol. The van der Waals surface area contributed by atoms with Crippen LogP contribution in [-0.4, -0.2) is 23.5 Å². The van der Waals surface area contributed by atoms with Gasteiger partial charge in [-0.25, -0.2) is 0 Å². The molecular weight excluding hydrogens is 254 g/mol. The summed E-state index contributed by atoms with van der Waals surface area (Å²) in [5.74, 6) is -0.183. The summed E-state index contributed by atoms with van der Waals surface area (Å²) in [4.78, 5) is 22.2. The first kappa shape index (κ1) is 18.9. The van der Waals surface area contributed by atoms with Gasteiger partial charge in [-0.1, -0.05) is 46.0 Å². The zero-order valence-corrected chi connectivity index (χ0v) is 13.1. The van der Waals surface area contributed by atoms with Crippen molar-refractivity contribution in [2.75, 3.05) is 6.54 Å². The smallest absolute Gasteiger partial charge is 0.303 e. The fraction of sp³-hybridized carbons (Fsp3) is 0.875. The first-order chi connectivity index (χ1) is 9.60. The van der Waals surface area contributed by atoms with Gasteiger partial charge in [0.2, 0.25) is 5.91 Å². The highest BCUT2D eigenvalue weighted by molar-refractivity contribution is 5.75. The maximum absolute atomic E-state index is 11.6. The van der Waals surface area contributed by atoms with Gasteiger partial charge in [0.1, 0.15) is 0 Å². The molecule has 0 saturated heterocycles. The Hall–Kier alpha value is -1.06. The number of carboxylic acid groups (broad SMARTS) is 1. The van der Waals surface area contributed by atoms with E-state index in [4.69, 9.17) is 5.11 Å². The van der Waals surface area contributed by atoms with Gasteiger partial charge in [-0.2, -0.15) is 0 Å². The minimum atomic E-state index is -0.730. The van der Waals surface area contributed by atoms with Crippen LogP contribution in [0.15, 0.2) is 0 Å². The summed E-state index contributed by atoms with van der Waals surface area (Å²) in [6.45, 7) is 4.95. The number of carbonyl (C=O) groups excluding carboxylic acids is 1. The molecule has 1 amide bonds. The number of hydrogen-bond acceptors (Lipinski definition) is 2. The number of unbranched alkanes of at least 4 members (excludes halogenated alkanes) is 3. The standard InChI is InChI=1S/C16H31NO3/c1-3-5-6-7-9-15(18)17-13-12-14(8-4-2)10-11-16(19)20/h14H,3-13H2,1-2H3,(H,17,18)(H,19,20). The Bertz CT molecular complexity index is 266. The topological polar surface area (TPSA) is 66.4 Å². The van der Waals surface area contributed by atoms with Crippen LogP contribution in [0.1, 0.15) is 78.1 Å². The number of carbonyl (C=O) groups is 2. The number of carboxylic acids is 1. The molecule has 4 heteroatoms. The van der Waals surface area contributed by atoms with E-state index >= 15 is 0 Å². The summed E-state index contributed by atoms with van der Waals surface area (Å²) >= 11 is 0. The highest BCUT2D eigenvalue weighted by Gasteiger charge is 2.10. The second-order valence-corrected chi connectivity index (χ2v) is 5.54. The van der Waals surface area contributed by atoms with E-state index in [2.05, 4.69) is 19.2 Å². The normalized spacial score (nSPS) is 12.1. The molecule has 2 N–H and O–H groups in total. The lowest BCUT2D eigenvalue weighted by atomic mass is 9.94. The summed E-state index contributed by atoms with van der Waals surface area (Å²) in [5.41, 5.74) is 0. The number of rotatable bonds is 13. The maximum Gasteiger partial charge on any atom is 0.303 e. The summed E-state index contributed by atoms with van der Waals surface area (Å²) in [6, 6.07) is 0. The van der Waals surface area contributed by atoms with E-state index in [9.17, 15) is 9.59 Å². The van der Waals surface area contributed by atoms with E-state index in [1.165, 1.54) is 12.8 Å². The third-order valence-corrected chi connectivity index (χ3v) is 3.60. The number of nitrogens with one attached hydrogen (secondary N) is 1. The molecule has 0 rings (SSSR count). The Morgan fingerprint density at radius 3 is 2.30 bits per heavy atom. The molecule has 0 aromatic rings. The molecule has 0 saturated carbocycles. The van der Waals surface area contributed by atoms with Gasteiger partial charge in [-0.3, -0.25) is 9.59 Å². The summed E-state index contributed by atoms with van der Waals surface area (Å²) in [6.07, 6.45) is 9.04. The highest BCUT2D eigenvalue weighted by Crippen LogP contribution is 2.17. The predicted octanol–water partition coefficient (Wildman–Crippen LogP) is 3.74. The van der Waals surface area contributed by atoms with Crippen LogP contribution in [0.3, 0.4) is 0 Å². The Labute approximate surface area is 123 Å². The zero-order valence-electron chi connectivity index (χ0n) is 13.1. The second-order valence-electron chi connectivity index (χ2n) is 5.54. The Kier molecular flexibility index (Phi) is 12.3. The summed E-state index contributed by atoms with van der Waals surface area (Å²) in [7, 11) is 0. The summed E-state index contributed by atoms with van der Waals surface area (Å²) < 4.78 is 0.